The number of nitrogens with two attached hydrogens (primary N) is 1. The molecule has 2 N–H and O–H groups in total. The summed E-state index contributed by atoms with van der Waals surface area (Å²) in [5.41, 5.74) is 7.76. The van der Waals surface area contributed by atoms with Crippen molar-refractivity contribution in [2.75, 3.05) is 5.73 Å². The fraction of sp³-hybridized carbons (Fsp3) is 0.294. The average Bonchev–Trinajstić information content (AvgIpc) is 2.37. The van der Waals surface area contributed by atoms with Crippen LogP contribution in [-0.2, 0) is 6.42 Å². The molecule has 0 aliphatic carbocycles. The minimum atomic E-state index is 0.105. The van der Waals surface area contributed by atoms with Crippen LogP contribution in [0.2, 0.25) is 0 Å². The van der Waals surface area contributed by atoms with E-state index >= 15 is 0 Å². The van der Waals surface area contributed by atoms with E-state index in [1.807, 2.05) is 38.1 Å². The molecule has 106 valence electrons. The molecule has 0 spiro atoms. The Hall–Kier alpha value is -2.16. The SMILES string of the molecule is CCc1cccc(Oc2cc(N)cc(OC(C)C)c2)c1. The van der Waals surface area contributed by atoms with Gasteiger partial charge in [0.1, 0.15) is 17.2 Å². The second kappa shape index (κ2) is 6.33. The van der Waals surface area contributed by atoms with Crippen LogP contribution >= 0.6 is 0 Å². The van der Waals surface area contributed by atoms with E-state index in [1.54, 1.807) is 12.1 Å². The molecule has 0 amide bonds. The molecule has 0 atom stereocenters. The van der Waals surface area contributed by atoms with E-state index in [1.165, 1.54) is 5.56 Å². The molecule has 3 nitrogen and oxygen atoms in total. The molecule has 0 bridgehead atoms. The number of ether oxygens (including phenoxy) is 2. The van der Waals surface area contributed by atoms with Crippen LogP contribution in [0.1, 0.15) is 26.3 Å². The summed E-state index contributed by atoms with van der Waals surface area (Å²) in [7, 11) is 0. The van der Waals surface area contributed by atoms with Gasteiger partial charge in [0.15, 0.2) is 0 Å². The first-order valence-electron chi connectivity index (χ1n) is 6.91. The molecule has 0 saturated heterocycles. The van der Waals surface area contributed by atoms with E-state index < -0.39 is 0 Å². The molecular formula is C17H21NO2. The third kappa shape index (κ3) is 3.92. The Morgan fingerprint density at radius 3 is 2.45 bits per heavy atom. The van der Waals surface area contributed by atoms with Gasteiger partial charge in [0.05, 0.1) is 6.10 Å². The van der Waals surface area contributed by atoms with Crippen molar-refractivity contribution in [2.45, 2.75) is 33.3 Å². The molecule has 2 aromatic carbocycles. The minimum Gasteiger partial charge on any atom is -0.491 e. The Kier molecular flexibility index (Phi) is 4.51. The lowest BCUT2D eigenvalue weighted by Crippen LogP contribution is -2.05. The van der Waals surface area contributed by atoms with E-state index in [4.69, 9.17) is 15.2 Å². The van der Waals surface area contributed by atoms with Crippen LogP contribution in [0.25, 0.3) is 0 Å². The molecule has 20 heavy (non-hydrogen) atoms. The first-order chi connectivity index (χ1) is 9.56. The number of nitrogen functional groups attached to an aromatic ring is 1. The van der Waals surface area contributed by atoms with Gasteiger partial charge in [0, 0.05) is 23.9 Å². The zero-order valence-electron chi connectivity index (χ0n) is 12.2. The van der Waals surface area contributed by atoms with Crippen LogP contribution in [0.4, 0.5) is 5.69 Å². The second-order valence-electron chi connectivity index (χ2n) is 5.01. The normalized spacial score (nSPS) is 10.6. The van der Waals surface area contributed by atoms with E-state index in [0.717, 1.165) is 17.9 Å². The van der Waals surface area contributed by atoms with E-state index in [9.17, 15) is 0 Å². The molecule has 0 aliphatic heterocycles. The summed E-state index contributed by atoms with van der Waals surface area (Å²) in [5.74, 6) is 2.22. The van der Waals surface area contributed by atoms with Gasteiger partial charge in [-0.25, -0.2) is 0 Å². The lowest BCUT2D eigenvalue weighted by Gasteiger charge is -2.13. The molecule has 0 heterocycles. The zero-order chi connectivity index (χ0) is 14.5. The van der Waals surface area contributed by atoms with Crippen molar-refractivity contribution in [3.63, 3.8) is 0 Å². The number of hydrogen-bond acceptors (Lipinski definition) is 3. The molecule has 0 saturated carbocycles. The maximum atomic E-state index is 5.88. The van der Waals surface area contributed by atoms with Crippen molar-refractivity contribution in [3.8, 4) is 17.2 Å². The standard InChI is InChI=1S/C17H21NO2/c1-4-13-6-5-7-15(8-13)20-17-10-14(18)9-16(11-17)19-12(2)3/h5-12H,4,18H2,1-3H3. The van der Waals surface area contributed by atoms with Gasteiger partial charge >= 0.3 is 0 Å². The monoisotopic (exact) mass is 271 g/mol. The fourth-order valence-corrected chi connectivity index (χ4v) is 1.96. The first-order valence-corrected chi connectivity index (χ1v) is 6.91. The van der Waals surface area contributed by atoms with Gasteiger partial charge < -0.3 is 15.2 Å². The maximum absolute atomic E-state index is 5.88. The van der Waals surface area contributed by atoms with Gasteiger partial charge in [-0.15, -0.1) is 0 Å². The molecule has 2 aromatic rings. The van der Waals surface area contributed by atoms with Crippen molar-refractivity contribution < 1.29 is 9.47 Å². The summed E-state index contributed by atoms with van der Waals surface area (Å²) < 4.78 is 11.5. The van der Waals surface area contributed by atoms with Gasteiger partial charge in [0.25, 0.3) is 0 Å². The van der Waals surface area contributed by atoms with Crippen LogP contribution < -0.4 is 15.2 Å². The highest BCUT2D eigenvalue weighted by Crippen LogP contribution is 2.29. The molecule has 0 unspecified atom stereocenters. The lowest BCUT2D eigenvalue weighted by atomic mass is 10.2. The quantitative estimate of drug-likeness (QED) is 0.819. The highest BCUT2D eigenvalue weighted by Gasteiger charge is 2.05. The summed E-state index contributed by atoms with van der Waals surface area (Å²) >= 11 is 0. The highest BCUT2D eigenvalue weighted by molar-refractivity contribution is 5.51. The summed E-state index contributed by atoms with van der Waals surface area (Å²) in [4.78, 5) is 0. The minimum absolute atomic E-state index is 0.105. The van der Waals surface area contributed by atoms with Crippen LogP contribution in [-0.4, -0.2) is 6.10 Å². The molecule has 0 aromatic heterocycles. The average molecular weight is 271 g/mol. The summed E-state index contributed by atoms with van der Waals surface area (Å²) in [5, 5.41) is 0. The maximum Gasteiger partial charge on any atom is 0.133 e. The Labute approximate surface area is 120 Å². The predicted molar refractivity (Wildman–Crippen MR) is 82.5 cm³/mol. The largest absolute Gasteiger partial charge is 0.491 e. The number of benzene rings is 2. The summed E-state index contributed by atoms with van der Waals surface area (Å²) in [6, 6.07) is 13.5. The summed E-state index contributed by atoms with van der Waals surface area (Å²) in [6.07, 6.45) is 1.09. The number of rotatable bonds is 5. The topological polar surface area (TPSA) is 44.5 Å². The van der Waals surface area contributed by atoms with Crippen LogP contribution in [0.5, 0.6) is 17.2 Å². The fourth-order valence-electron chi connectivity index (χ4n) is 1.96. The van der Waals surface area contributed by atoms with Crippen molar-refractivity contribution in [1.29, 1.82) is 0 Å². The molecule has 0 aliphatic rings. The smallest absolute Gasteiger partial charge is 0.133 e. The van der Waals surface area contributed by atoms with Gasteiger partial charge in [-0.05, 0) is 38.0 Å². The van der Waals surface area contributed by atoms with E-state index in [-0.39, 0.29) is 6.10 Å². The second-order valence-corrected chi connectivity index (χ2v) is 5.01. The third-order valence-corrected chi connectivity index (χ3v) is 2.82. The zero-order valence-corrected chi connectivity index (χ0v) is 12.2. The predicted octanol–water partition coefficient (Wildman–Crippen LogP) is 4.41. The Balaban J connectivity index is 2.21. The number of aryl methyl sites for hydroxylation is 1. The van der Waals surface area contributed by atoms with Crippen molar-refractivity contribution >= 4 is 5.69 Å². The highest BCUT2D eigenvalue weighted by atomic mass is 16.5. The third-order valence-electron chi connectivity index (χ3n) is 2.82. The van der Waals surface area contributed by atoms with Crippen molar-refractivity contribution in [1.82, 2.24) is 0 Å². The van der Waals surface area contributed by atoms with Gasteiger partial charge in [-0.2, -0.15) is 0 Å². The van der Waals surface area contributed by atoms with Gasteiger partial charge in [-0.3, -0.25) is 0 Å². The first kappa shape index (κ1) is 14.3. The molecule has 0 radical (unpaired) electrons. The summed E-state index contributed by atoms with van der Waals surface area (Å²) in [6.45, 7) is 6.08. The lowest BCUT2D eigenvalue weighted by molar-refractivity contribution is 0.242. The number of hydrogen-bond donors (Lipinski definition) is 1. The van der Waals surface area contributed by atoms with Crippen LogP contribution in [0.3, 0.4) is 0 Å². The van der Waals surface area contributed by atoms with Crippen molar-refractivity contribution in [2.24, 2.45) is 0 Å². The Morgan fingerprint density at radius 1 is 1.00 bits per heavy atom. The van der Waals surface area contributed by atoms with Gasteiger partial charge in [0.2, 0.25) is 0 Å². The molecule has 0 fully saturated rings. The van der Waals surface area contributed by atoms with E-state index in [0.29, 0.717) is 11.4 Å². The Bertz CT molecular complexity index is 579. The van der Waals surface area contributed by atoms with E-state index in [2.05, 4.69) is 13.0 Å². The molecular weight excluding hydrogens is 250 g/mol. The van der Waals surface area contributed by atoms with Crippen LogP contribution in [0.15, 0.2) is 42.5 Å². The molecule has 3 heteroatoms. The molecule has 2 rings (SSSR count). The Morgan fingerprint density at radius 2 is 1.75 bits per heavy atom. The van der Waals surface area contributed by atoms with Gasteiger partial charge in [-0.1, -0.05) is 19.1 Å². The van der Waals surface area contributed by atoms with Crippen LogP contribution in [0, 0.1) is 0 Å². The number of anilines is 1. The van der Waals surface area contributed by atoms with Crippen molar-refractivity contribution in [3.05, 3.63) is 48.0 Å².